The minimum Gasteiger partial charge on any atom is -0.485 e. The molecule has 0 bridgehead atoms. The van der Waals surface area contributed by atoms with E-state index < -0.39 is 5.60 Å². The van der Waals surface area contributed by atoms with Crippen molar-refractivity contribution in [3.8, 4) is 11.6 Å². The number of ether oxygens (including phenoxy) is 1. The second-order valence-electron chi connectivity index (χ2n) is 10.8. The fourth-order valence-corrected chi connectivity index (χ4v) is 6.21. The molecule has 1 saturated heterocycles. The van der Waals surface area contributed by atoms with E-state index in [1.165, 1.54) is 0 Å². The maximum Gasteiger partial charge on any atom is 0.278 e. The lowest BCUT2D eigenvalue weighted by Gasteiger charge is -2.21. The monoisotopic (exact) mass is 525 g/mol. The molecular weight excluding hydrogens is 494 g/mol. The Morgan fingerprint density at radius 2 is 2.13 bits per heavy atom. The van der Waals surface area contributed by atoms with Crippen molar-refractivity contribution in [2.75, 3.05) is 18.4 Å². The molecule has 39 heavy (non-hydrogen) atoms. The van der Waals surface area contributed by atoms with Gasteiger partial charge in [-0.1, -0.05) is 19.1 Å². The summed E-state index contributed by atoms with van der Waals surface area (Å²) < 4.78 is 9.53. The molecule has 0 amide bonds. The number of anilines is 2. The second-order valence-corrected chi connectivity index (χ2v) is 10.8. The number of pyridine rings is 1. The molecule has 2 atom stereocenters. The number of nitrogens with zero attached hydrogens (tertiary/aromatic N) is 5. The summed E-state index contributed by atoms with van der Waals surface area (Å²) in [5.74, 6) is 1.81. The first-order valence-corrected chi connectivity index (χ1v) is 13.5. The molecule has 3 aliphatic rings. The standard InChI is InChI=1S/C29H31N7O3/c1-3-13-35-26(37)21-16-31-27(32-20-6-7-22-19(14-20)15-28(39-22)11-12-30-17-28)34-25(21)36(35)23-8-5-18-9-10-29(38,4-2)24(18)33-23/h3,5-8,14,16,30,38H,1,4,9-13,15,17H2,2H3,(H,31,32,34)/t28?,29-/m1/s1. The maximum absolute atomic E-state index is 13.3. The van der Waals surface area contributed by atoms with Gasteiger partial charge in [0.25, 0.3) is 5.56 Å². The van der Waals surface area contributed by atoms with E-state index >= 15 is 0 Å². The normalized spacial score (nSPS) is 23.2. The summed E-state index contributed by atoms with van der Waals surface area (Å²) in [5, 5.41) is 18.2. The van der Waals surface area contributed by atoms with Gasteiger partial charge in [0.15, 0.2) is 11.5 Å². The van der Waals surface area contributed by atoms with Crippen molar-refractivity contribution in [2.24, 2.45) is 0 Å². The van der Waals surface area contributed by atoms with E-state index in [1.54, 1.807) is 21.6 Å². The smallest absolute Gasteiger partial charge is 0.278 e. The highest BCUT2D eigenvalue weighted by Crippen LogP contribution is 2.40. The van der Waals surface area contributed by atoms with Gasteiger partial charge in [-0.2, -0.15) is 4.98 Å². The molecule has 0 saturated carbocycles. The summed E-state index contributed by atoms with van der Waals surface area (Å²) in [6.07, 6.45) is 7.06. The summed E-state index contributed by atoms with van der Waals surface area (Å²) in [6, 6.07) is 9.89. The fourth-order valence-electron chi connectivity index (χ4n) is 6.21. The van der Waals surface area contributed by atoms with Crippen LogP contribution >= 0.6 is 0 Å². The van der Waals surface area contributed by atoms with Crippen LogP contribution in [0, 0.1) is 0 Å². The minimum atomic E-state index is -0.968. The van der Waals surface area contributed by atoms with Crippen LogP contribution in [0.3, 0.4) is 0 Å². The molecule has 2 aliphatic heterocycles. The molecule has 1 spiro atoms. The zero-order valence-electron chi connectivity index (χ0n) is 21.9. The molecule has 0 radical (unpaired) electrons. The van der Waals surface area contributed by atoms with Crippen LogP contribution in [0.2, 0.25) is 0 Å². The number of hydrogen-bond acceptors (Lipinski definition) is 8. The molecule has 1 unspecified atom stereocenters. The molecule has 1 aromatic carbocycles. The molecule has 1 aliphatic carbocycles. The number of aromatic nitrogens is 5. The van der Waals surface area contributed by atoms with Crippen LogP contribution in [-0.2, 0) is 25.0 Å². The third-order valence-corrected chi connectivity index (χ3v) is 8.35. The topological polar surface area (TPSA) is 119 Å². The van der Waals surface area contributed by atoms with Gasteiger partial charge in [-0.3, -0.25) is 4.79 Å². The molecule has 7 rings (SSSR count). The first-order valence-electron chi connectivity index (χ1n) is 13.5. The van der Waals surface area contributed by atoms with Crippen molar-refractivity contribution in [1.82, 2.24) is 29.6 Å². The van der Waals surface area contributed by atoms with Crippen LogP contribution in [0.15, 0.2) is 54.0 Å². The summed E-state index contributed by atoms with van der Waals surface area (Å²) in [7, 11) is 0. The van der Waals surface area contributed by atoms with Gasteiger partial charge in [-0.25, -0.2) is 19.3 Å². The SMILES string of the molecule is C=CCn1c(=O)c2cnc(Nc3ccc4c(c3)CC3(CCNC3)O4)nc2n1-c1ccc2c(n1)[C@@](O)(CC)CC2. The van der Waals surface area contributed by atoms with Crippen molar-refractivity contribution in [3.63, 3.8) is 0 Å². The zero-order valence-corrected chi connectivity index (χ0v) is 21.9. The van der Waals surface area contributed by atoms with Crippen LogP contribution in [0.5, 0.6) is 5.75 Å². The predicted octanol–water partition coefficient (Wildman–Crippen LogP) is 3.12. The zero-order chi connectivity index (χ0) is 26.8. The number of rotatable bonds is 6. The van der Waals surface area contributed by atoms with Gasteiger partial charge in [0.05, 0.1) is 12.2 Å². The number of aliphatic hydroxyl groups is 1. The molecule has 3 N–H and O–H groups in total. The molecule has 10 heteroatoms. The summed E-state index contributed by atoms with van der Waals surface area (Å²) in [4.78, 5) is 27.4. The molecule has 1 fully saturated rings. The van der Waals surface area contributed by atoms with E-state index in [4.69, 9.17) is 14.7 Å². The van der Waals surface area contributed by atoms with Crippen LogP contribution in [0.4, 0.5) is 11.6 Å². The molecule has 10 nitrogen and oxygen atoms in total. The van der Waals surface area contributed by atoms with Crippen molar-refractivity contribution < 1.29 is 9.84 Å². The van der Waals surface area contributed by atoms with Gasteiger partial charge in [-0.15, -0.1) is 6.58 Å². The van der Waals surface area contributed by atoms with Gasteiger partial charge in [0.2, 0.25) is 5.95 Å². The number of benzene rings is 1. The Bertz CT molecular complexity index is 1680. The van der Waals surface area contributed by atoms with Crippen molar-refractivity contribution in [3.05, 3.63) is 76.4 Å². The molecule has 3 aromatic heterocycles. The average molecular weight is 526 g/mol. The van der Waals surface area contributed by atoms with Gasteiger partial charge in [-0.05, 0) is 55.6 Å². The van der Waals surface area contributed by atoms with Gasteiger partial charge in [0.1, 0.15) is 22.3 Å². The van der Waals surface area contributed by atoms with E-state index in [1.807, 2.05) is 31.2 Å². The Morgan fingerprint density at radius 1 is 1.23 bits per heavy atom. The molecule has 200 valence electrons. The van der Waals surface area contributed by atoms with E-state index in [9.17, 15) is 9.90 Å². The van der Waals surface area contributed by atoms with Gasteiger partial charge in [0, 0.05) is 36.8 Å². The number of aryl methyl sites for hydroxylation is 1. The van der Waals surface area contributed by atoms with Crippen LogP contribution in [0.1, 0.15) is 43.0 Å². The average Bonchev–Trinajstić information content (AvgIpc) is 3.70. The lowest BCUT2D eigenvalue weighted by molar-refractivity contribution is 0.0306. The first-order chi connectivity index (χ1) is 18.9. The van der Waals surface area contributed by atoms with Crippen LogP contribution in [-0.4, -0.2) is 48.1 Å². The van der Waals surface area contributed by atoms with Crippen LogP contribution < -0.4 is 20.9 Å². The van der Waals surface area contributed by atoms with Crippen molar-refractivity contribution in [1.29, 1.82) is 0 Å². The van der Waals surface area contributed by atoms with E-state index in [-0.39, 0.29) is 17.7 Å². The molecular formula is C29H31N7O3. The van der Waals surface area contributed by atoms with E-state index in [2.05, 4.69) is 28.3 Å². The summed E-state index contributed by atoms with van der Waals surface area (Å²) >= 11 is 0. The van der Waals surface area contributed by atoms with Crippen LogP contribution in [0.25, 0.3) is 16.9 Å². The highest BCUT2D eigenvalue weighted by atomic mass is 16.5. The highest BCUT2D eigenvalue weighted by Gasteiger charge is 2.42. The largest absolute Gasteiger partial charge is 0.485 e. The number of nitrogens with one attached hydrogen (secondary N) is 2. The highest BCUT2D eigenvalue weighted by molar-refractivity contribution is 5.77. The fraction of sp³-hybridized carbons (Fsp3) is 0.379. The lowest BCUT2D eigenvalue weighted by atomic mass is 9.96. The second kappa shape index (κ2) is 8.75. The molecule has 5 heterocycles. The maximum atomic E-state index is 13.3. The third kappa shape index (κ3) is 3.77. The Labute approximate surface area is 225 Å². The minimum absolute atomic E-state index is 0.146. The first kappa shape index (κ1) is 24.1. The number of fused-ring (bicyclic) bond motifs is 3. The number of allylic oxidation sites excluding steroid dienone is 1. The Kier molecular flexibility index (Phi) is 5.40. The van der Waals surface area contributed by atoms with Crippen molar-refractivity contribution >= 4 is 22.7 Å². The number of hydrogen-bond donors (Lipinski definition) is 3. The van der Waals surface area contributed by atoms with E-state index in [0.29, 0.717) is 41.3 Å². The lowest BCUT2D eigenvalue weighted by Crippen LogP contribution is -2.36. The molecule has 4 aromatic rings. The Morgan fingerprint density at radius 3 is 2.92 bits per heavy atom. The van der Waals surface area contributed by atoms with E-state index in [0.717, 1.165) is 54.9 Å². The van der Waals surface area contributed by atoms with Crippen molar-refractivity contribution in [2.45, 2.75) is 56.8 Å². The van der Waals surface area contributed by atoms with Gasteiger partial charge >= 0.3 is 0 Å². The third-order valence-electron chi connectivity index (χ3n) is 8.35. The predicted molar refractivity (Wildman–Crippen MR) is 148 cm³/mol. The quantitative estimate of drug-likeness (QED) is 0.329. The Hall–Kier alpha value is -4.02. The Balaban J connectivity index is 1.29. The summed E-state index contributed by atoms with van der Waals surface area (Å²) in [6.45, 7) is 7.89. The summed E-state index contributed by atoms with van der Waals surface area (Å²) in [5.41, 5.74) is 2.80. The van der Waals surface area contributed by atoms with Gasteiger partial charge < -0.3 is 20.5 Å².